The Bertz CT molecular complexity index is 388. The van der Waals surface area contributed by atoms with Crippen LogP contribution in [0, 0.1) is 0 Å². The standard InChI is InChI=1S/C10H13N3O2/c1-15-10(14)6-4-8(11)9(12-5-6)13-7-2-3-7/h4-5,7H,2-3,11H2,1H3,(H,12,13). The predicted molar refractivity (Wildman–Crippen MR) is 56.6 cm³/mol. The summed E-state index contributed by atoms with van der Waals surface area (Å²) in [7, 11) is 1.33. The van der Waals surface area contributed by atoms with Crippen LogP contribution >= 0.6 is 0 Å². The normalized spacial score (nSPS) is 14.7. The van der Waals surface area contributed by atoms with Gasteiger partial charge in [0.15, 0.2) is 0 Å². The highest BCUT2D eigenvalue weighted by Gasteiger charge is 2.22. The Morgan fingerprint density at radius 3 is 2.93 bits per heavy atom. The summed E-state index contributed by atoms with van der Waals surface area (Å²) in [5.41, 5.74) is 6.61. The number of hydrogen-bond donors (Lipinski definition) is 2. The molecule has 0 radical (unpaired) electrons. The molecule has 3 N–H and O–H groups in total. The van der Waals surface area contributed by atoms with Gasteiger partial charge < -0.3 is 15.8 Å². The quantitative estimate of drug-likeness (QED) is 0.724. The second-order valence-electron chi connectivity index (χ2n) is 3.57. The van der Waals surface area contributed by atoms with Crippen molar-refractivity contribution >= 4 is 17.5 Å². The van der Waals surface area contributed by atoms with Crippen LogP contribution in [-0.2, 0) is 4.74 Å². The number of carbonyl (C=O) groups is 1. The third kappa shape index (κ3) is 2.18. The van der Waals surface area contributed by atoms with Crippen LogP contribution in [0.5, 0.6) is 0 Å². The number of nitrogen functional groups attached to an aromatic ring is 1. The van der Waals surface area contributed by atoms with E-state index in [9.17, 15) is 4.79 Å². The van der Waals surface area contributed by atoms with Crippen molar-refractivity contribution in [2.45, 2.75) is 18.9 Å². The van der Waals surface area contributed by atoms with Crippen molar-refractivity contribution in [3.05, 3.63) is 17.8 Å². The van der Waals surface area contributed by atoms with E-state index in [2.05, 4.69) is 15.0 Å². The number of methoxy groups -OCH3 is 1. The Kier molecular flexibility index (Phi) is 2.45. The van der Waals surface area contributed by atoms with Crippen molar-refractivity contribution in [1.82, 2.24) is 4.98 Å². The molecule has 0 bridgehead atoms. The monoisotopic (exact) mass is 207 g/mol. The Morgan fingerprint density at radius 1 is 1.67 bits per heavy atom. The molecule has 1 aromatic heterocycles. The van der Waals surface area contributed by atoms with Crippen molar-refractivity contribution in [3.63, 3.8) is 0 Å². The average molecular weight is 207 g/mol. The maximum Gasteiger partial charge on any atom is 0.339 e. The summed E-state index contributed by atoms with van der Waals surface area (Å²) in [6.07, 6.45) is 3.77. The molecule has 1 fully saturated rings. The van der Waals surface area contributed by atoms with Crippen LogP contribution in [0.3, 0.4) is 0 Å². The number of ether oxygens (including phenoxy) is 1. The molecule has 5 heteroatoms. The molecule has 80 valence electrons. The van der Waals surface area contributed by atoms with Crippen molar-refractivity contribution in [2.75, 3.05) is 18.2 Å². The topological polar surface area (TPSA) is 77.2 Å². The number of pyridine rings is 1. The zero-order chi connectivity index (χ0) is 10.8. The largest absolute Gasteiger partial charge is 0.465 e. The second kappa shape index (κ2) is 3.76. The number of esters is 1. The van der Waals surface area contributed by atoms with E-state index >= 15 is 0 Å². The molecule has 0 unspecified atom stereocenters. The van der Waals surface area contributed by atoms with Gasteiger partial charge in [-0.25, -0.2) is 9.78 Å². The SMILES string of the molecule is COC(=O)c1cnc(NC2CC2)c(N)c1. The zero-order valence-electron chi connectivity index (χ0n) is 8.49. The lowest BCUT2D eigenvalue weighted by molar-refractivity contribution is 0.0600. The Balaban J connectivity index is 2.17. The summed E-state index contributed by atoms with van der Waals surface area (Å²) in [6, 6.07) is 2.06. The first-order valence-electron chi connectivity index (χ1n) is 4.81. The van der Waals surface area contributed by atoms with Gasteiger partial charge >= 0.3 is 5.97 Å². The van der Waals surface area contributed by atoms with E-state index in [-0.39, 0.29) is 0 Å². The van der Waals surface area contributed by atoms with Gasteiger partial charge in [-0.15, -0.1) is 0 Å². The molecule has 0 aliphatic heterocycles. The van der Waals surface area contributed by atoms with Gasteiger partial charge in [-0.3, -0.25) is 0 Å². The number of nitrogens with zero attached hydrogens (tertiary/aromatic N) is 1. The highest BCUT2D eigenvalue weighted by Crippen LogP contribution is 2.26. The lowest BCUT2D eigenvalue weighted by atomic mass is 10.2. The molecule has 1 saturated carbocycles. The van der Waals surface area contributed by atoms with E-state index in [1.54, 1.807) is 6.07 Å². The van der Waals surface area contributed by atoms with Gasteiger partial charge in [-0.2, -0.15) is 0 Å². The van der Waals surface area contributed by atoms with E-state index in [1.165, 1.54) is 13.3 Å². The first-order chi connectivity index (χ1) is 7.20. The number of carbonyl (C=O) groups excluding carboxylic acids is 1. The number of anilines is 2. The minimum atomic E-state index is -0.424. The third-order valence-electron chi connectivity index (χ3n) is 2.26. The van der Waals surface area contributed by atoms with Gasteiger partial charge in [0, 0.05) is 12.2 Å². The minimum absolute atomic E-state index is 0.372. The molecular weight excluding hydrogens is 194 g/mol. The molecule has 15 heavy (non-hydrogen) atoms. The highest BCUT2D eigenvalue weighted by molar-refractivity contribution is 5.90. The van der Waals surface area contributed by atoms with Crippen molar-refractivity contribution in [2.24, 2.45) is 0 Å². The van der Waals surface area contributed by atoms with Gasteiger partial charge in [-0.05, 0) is 18.9 Å². The molecule has 2 rings (SSSR count). The molecule has 0 aromatic carbocycles. The fourth-order valence-electron chi connectivity index (χ4n) is 1.25. The van der Waals surface area contributed by atoms with Crippen LogP contribution in [0.4, 0.5) is 11.5 Å². The van der Waals surface area contributed by atoms with Crippen molar-refractivity contribution in [1.29, 1.82) is 0 Å². The lowest BCUT2D eigenvalue weighted by Gasteiger charge is -2.07. The minimum Gasteiger partial charge on any atom is -0.465 e. The summed E-state index contributed by atoms with van der Waals surface area (Å²) in [6.45, 7) is 0. The van der Waals surface area contributed by atoms with E-state index in [1.807, 2.05) is 0 Å². The van der Waals surface area contributed by atoms with Crippen LogP contribution in [0.25, 0.3) is 0 Å². The van der Waals surface area contributed by atoms with Crippen LogP contribution in [-0.4, -0.2) is 24.1 Å². The van der Waals surface area contributed by atoms with E-state index in [0.717, 1.165) is 12.8 Å². The third-order valence-corrected chi connectivity index (χ3v) is 2.26. The molecule has 0 amide bonds. The number of nitrogens with one attached hydrogen (secondary N) is 1. The van der Waals surface area contributed by atoms with Crippen molar-refractivity contribution in [3.8, 4) is 0 Å². The summed E-state index contributed by atoms with van der Waals surface area (Å²) in [5, 5.41) is 3.18. The highest BCUT2D eigenvalue weighted by atomic mass is 16.5. The fraction of sp³-hybridized carbons (Fsp3) is 0.400. The Hall–Kier alpha value is -1.78. The smallest absolute Gasteiger partial charge is 0.339 e. The zero-order valence-corrected chi connectivity index (χ0v) is 8.49. The number of hydrogen-bond acceptors (Lipinski definition) is 5. The van der Waals surface area contributed by atoms with Gasteiger partial charge in [0.25, 0.3) is 0 Å². The Morgan fingerprint density at radius 2 is 2.40 bits per heavy atom. The van der Waals surface area contributed by atoms with Crippen LogP contribution in [0.1, 0.15) is 23.2 Å². The van der Waals surface area contributed by atoms with Crippen LogP contribution in [0.15, 0.2) is 12.3 Å². The summed E-state index contributed by atoms with van der Waals surface area (Å²) in [4.78, 5) is 15.3. The molecule has 1 aromatic rings. The first kappa shape index (κ1) is 9.76. The first-order valence-corrected chi connectivity index (χ1v) is 4.81. The average Bonchev–Trinajstić information content (AvgIpc) is 3.04. The lowest BCUT2D eigenvalue weighted by Crippen LogP contribution is -2.09. The maximum atomic E-state index is 11.2. The molecule has 1 aliphatic rings. The molecule has 1 heterocycles. The van der Waals surface area contributed by atoms with Crippen LogP contribution < -0.4 is 11.1 Å². The van der Waals surface area contributed by atoms with Crippen LogP contribution in [0.2, 0.25) is 0 Å². The fourth-order valence-corrected chi connectivity index (χ4v) is 1.25. The second-order valence-corrected chi connectivity index (χ2v) is 3.57. The summed E-state index contributed by atoms with van der Waals surface area (Å²) < 4.78 is 4.57. The van der Waals surface area contributed by atoms with Gasteiger partial charge in [-0.1, -0.05) is 0 Å². The molecule has 0 atom stereocenters. The van der Waals surface area contributed by atoms with Crippen molar-refractivity contribution < 1.29 is 9.53 Å². The summed E-state index contributed by atoms with van der Waals surface area (Å²) >= 11 is 0. The van der Waals surface area contributed by atoms with Gasteiger partial charge in [0.05, 0.1) is 18.4 Å². The maximum absolute atomic E-state index is 11.2. The molecule has 0 spiro atoms. The summed E-state index contributed by atoms with van der Waals surface area (Å²) in [5.74, 6) is 0.220. The Labute approximate surface area is 87.6 Å². The van der Waals surface area contributed by atoms with E-state index < -0.39 is 5.97 Å². The molecule has 1 aliphatic carbocycles. The molecule has 0 saturated heterocycles. The molecule has 5 nitrogen and oxygen atoms in total. The van der Waals surface area contributed by atoms with E-state index in [4.69, 9.17) is 5.73 Å². The van der Waals surface area contributed by atoms with Gasteiger partial charge in [0.1, 0.15) is 5.82 Å². The number of nitrogens with two attached hydrogens (primary N) is 1. The number of rotatable bonds is 3. The predicted octanol–water partition coefficient (Wildman–Crippen LogP) is 1.02. The van der Waals surface area contributed by atoms with Gasteiger partial charge in [0.2, 0.25) is 0 Å². The molecular formula is C10H13N3O2. The number of aromatic nitrogens is 1. The van der Waals surface area contributed by atoms with E-state index in [0.29, 0.717) is 23.1 Å².